The third-order valence-corrected chi connectivity index (χ3v) is 2.82. The number of carbonyl (C=O) groups excluding carboxylic acids is 1. The molecule has 0 spiro atoms. The molecule has 21 heavy (non-hydrogen) atoms. The topological polar surface area (TPSA) is 75.6 Å². The van der Waals surface area contributed by atoms with Crippen molar-refractivity contribution in [2.24, 2.45) is 0 Å². The number of benzene rings is 2. The van der Waals surface area contributed by atoms with Crippen LogP contribution in [0.5, 0.6) is 5.75 Å². The van der Waals surface area contributed by atoms with E-state index in [4.69, 9.17) is 9.84 Å². The summed E-state index contributed by atoms with van der Waals surface area (Å²) in [6, 6.07) is 15.8. The summed E-state index contributed by atoms with van der Waals surface area (Å²) in [7, 11) is 0. The van der Waals surface area contributed by atoms with Gasteiger partial charge in [0, 0.05) is 12.1 Å². The van der Waals surface area contributed by atoms with Gasteiger partial charge in [-0.1, -0.05) is 36.4 Å². The maximum Gasteiger partial charge on any atom is 0.417 e. The molecule has 0 aliphatic rings. The number of rotatable bonds is 5. The number of carboxylic acids is 1. The van der Waals surface area contributed by atoms with Crippen LogP contribution in [0, 0.1) is 0 Å². The first-order chi connectivity index (χ1) is 10.1. The van der Waals surface area contributed by atoms with Gasteiger partial charge < -0.3 is 9.84 Å². The van der Waals surface area contributed by atoms with Gasteiger partial charge in [-0.05, 0) is 30.2 Å². The minimum absolute atomic E-state index is 0.00638. The van der Waals surface area contributed by atoms with Crippen LogP contribution in [0.15, 0.2) is 54.6 Å². The van der Waals surface area contributed by atoms with E-state index in [1.807, 2.05) is 6.07 Å². The molecule has 0 saturated heterocycles. The summed E-state index contributed by atoms with van der Waals surface area (Å²) < 4.78 is 5.13. The zero-order chi connectivity index (χ0) is 15.1. The molecule has 2 aromatic rings. The van der Waals surface area contributed by atoms with E-state index >= 15 is 0 Å². The Morgan fingerprint density at radius 3 is 2.38 bits per heavy atom. The molecular weight excluding hydrogens is 270 g/mol. The van der Waals surface area contributed by atoms with Gasteiger partial charge in [-0.15, -0.1) is 0 Å². The van der Waals surface area contributed by atoms with Crippen LogP contribution in [-0.4, -0.2) is 17.2 Å². The summed E-state index contributed by atoms with van der Waals surface area (Å²) in [5.41, 5.74) is 1.31. The van der Waals surface area contributed by atoms with Gasteiger partial charge in [-0.25, -0.2) is 4.79 Å². The molecule has 0 radical (unpaired) electrons. The van der Waals surface area contributed by atoms with Crippen molar-refractivity contribution in [1.82, 2.24) is 0 Å². The molecule has 0 unspecified atom stereocenters. The van der Waals surface area contributed by atoms with E-state index < -0.39 is 12.1 Å². The molecule has 0 saturated carbocycles. The van der Waals surface area contributed by atoms with Crippen molar-refractivity contribution in [1.29, 1.82) is 0 Å². The Morgan fingerprint density at radius 2 is 1.67 bits per heavy atom. The highest BCUT2D eigenvalue weighted by molar-refractivity contribution is 5.87. The minimum atomic E-state index is -0.878. The summed E-state index contributed by atoms with van der Waals surface area (Å²) in [5.74, 6) is -0.435. The Kier molecular flexibility index (Phi) is 4.93. The number of hydrogen-bond donors (Lipinski definition) is 2. The molecule has 0 atom stereocenters. The first-order valence-electron chi connectivity index (χ1n) is 6.49. The molecular formula is C16H15NO4. The van der Waals surface area contributed by atoms with Gasteiger partial charge in [0.2, 0.25) is 0 Å². The Morgan fingerprint density at radius 1 is 1.00 bits per heavy atom. The van der Waals surface area contributed by atoms with Crippen molar-refractivity contribution >= 4 is 17.7 Å². The van der Waals surface area contributed by atoms with Crippen LogP contribution in [0.1, 0.15) is 12.0 Å². The number of anilines is 1. The summed E-state index contributed by atoms with van der Waals surface area (Å²) in [6.45, 7) is 0. The third kappa shape index (κ3) is 4.65. The lowest BCUT2D eigenvalue weighted by atomic mass is 10.1. The van der Waals surface area contributed by atoms with Crippen molar-refractivity contribution in [3.8, 4) is 5.75 Å². The smallest absolute Gasteiger partial charge is 0.417 e. The second-order valence-corrected chi connectivity index (χ2v) is 4.38. The van der Waals surface area contributed by atoms with Crippen LogP contribution in [0.2, 0.25) is 0 Å². The van der Waals surface area contributed by atoms with Gasteiger partial charge >= 0.3 is 12.1 Å². The van der Waals surface area contributed by atoms with E-state index in [1.54, 1.807) is 48.5 Å². The Bertz CT molecular complexity index is 625. The maximum absolute atomic E-state index is 11.8. The molecule has 1 amide bonds. The SMILES string of the molecule is O=C(O)CCc1ccccc1NC(=O)Oc1ccccc1. The molecule has 2 N–H and O–H groups in total. The Hall–Kier alpha value is -2.82. The van der Waals surface area contributed by atoms with Crippen LogP contribution in [0.4, 0.5) is 10.5 Å². The number of amides is 1. The number of aryl methyl sites for hydroxylation is 1. The van der Waals surface area contributed by atoms with Crippen molar-refractivity contribution in [3.63, 3.8) is 0 Å². The number of hydrogen-bond acceptors (Lipinski definition) is 3. The van der Waals surface area contributed by atoms with E-state index in [9.17, 15) is 9.59 Å². The molecule has 0 aromatic heterocycles. The lowest BCUT2D eigenvalue weighted by molar-refractivity contribution is -0.136. The molecule has 0 fully saturated rings. The van der Waals surface area contributed by atoms with Crippen molar-refractivity contribution in [2.45, 2.75) is 12.8 Å². The second kappa shape index (κ2) is 7.09. The third-order valence-electron chi connectivity index (χ3n) is 2.82. The lowest BCUT2D eigenvalue weighted by Gasteiger charge is -2.10. The highest BCUT2D eigenvalue weighted by Crippen LogP contribution is 2.18. The lowest BCUT2D eigenvalue weighted by Crippen LogP contribution is -2.17. The van der Waals surface area contributed by atoms with Gasteiger partial charge in [0.25, 0.3) is 0 Å². The highest BCUT2D eigenvalue weighted by Gasteiger charge is 2.09. The number of ether oxygens (including phenoxy) is 1. The summed E-state index contributed by atoms with van der Waals surface area (Å²) in [5, 5.41) is 11.4. The summed E-state index contributed by atoms with van der Waals surface area (Å²) >= 11 is 0. The van der Waals surface area contributed by atoms with Crippen LogP contribution >= 0.6 is 0 Å². The van der Waals surface area contributed by atoms with Crippen molar-refractivity contribution in [2.75, 3.05) is 5.32 Å². The second-order valence-electron chi connectivity index (χ2n) is 4.38. The first kappa shape index (κ1) is 14.6. The standard InChI is InChI=1S/C16H15NO4/c18-15(19)11-10-12-6-4-5-9-14(12)17-16(20)21-13-7-2-1-3-8-13/h1-9H,10-11H2,(H,17,20)(H,18,19). The van der Waals surface area contributed by atoms with E-state index in [2.05, 4.69) is 5.32 Å². The zero-order valence-corrected chi connectivity index (χ0v) is 11.3. The van der Waals surface area contributed by atoms with E-state index in [1.165, 1.54) is 0 Å². The van der Waals surface area contributed by atoms with Gasteiger partial charge in [0.05, 0.1) is 0 Å². The fraction of sp³-hybridized carbons (Fsp3) is 0.125. The Labute approximate surface area is 122 Å². The predicted molar refractivity (Wildman–Crippen MR) is 78.5 cm³/mol. The van der Waals surface area contributed by atoms with Gasteiger partial charge in [0.15, 0.2) is 0 Å². The maximum atomic E-state index is 11.8. The van der Waals surface area contributed by atoms with Crippen LogP contribution in [0.25, 0.3) is 0 Å². The quantitative estimate of drug-likeness (QED) is 0.883. The zero-order valence-electron chi connectivity index (χ0n) is 11.3. The molecule has 2 rings (SSSR count). The highest BCUT2D eigenvalue weighted by atomic mass is 16.6. The molecule has 2 aromatic carbocycles. The number of aliphatic carboxylic acids is 1. The summed E-state index contributed by atoms with van der Waals surface area (Å²) in [6.07, 6.45) is -0.257. The first-order valence-corrected chi connectivity index (χ1v) is 6.49. The van der Waals surface area contributed by atoms with Crippen LogP contribution in [0.3, 0.4) is 0 Å². The van der Waals surface area contributed by atoms with E-state index in [0.29, 0.717) is 17.9 Å². The fourth-order valence-corrected chi connectivity index (χ4v) is 1.83. The minimum Gasteiger partial charge on any atom is -0.481 e. The summed E-state index contributed by atoms with van der Waals surface area (Å²) in [4.78, 5) is 22.5. The molecule has 5 heteroatoms. The van der Waals surface area contributed by atoms with E-state index in [0.717, 1.165) is 5.56 Å². The number of para-hydroxylation sites is 2. The number of carbonyl (C=O) groups is 2. The number of nitrogens with one attached hydrogen (secondary N) is 1. The monoisotopic (exact) mass is 285 g/mol. The van der Waals surface area contributed by atoms with Gasteiger partial charge in [0.1, 0.15) is 5.75 Å². The molecule has 0 aliphatic heterocycles. The average molecular weight is 285 g/mol. The number of carboxylic acid groups (broad SMARTS) is 1. The van der Waals surface area contributed by atoms with Crippen molar-refractivity contribution in [3.05, 3.63) is 60.2 Å². The van der Waals surface area contributed by atoms with Gasteiger partial charge in [-0.2, -0.15) is 0 Å². The normalized spacial score (nSPS) is 9.90. The average Bonchev–Trinajstić information content (AvgIpc) is 2.47. The van der Waals surface area contributed by atoms with Crippen LogP contribution < -0.4 is 10.1 Å². The molecule has 5 nitrogen and oxygen atoms in total. The Balaban J connectivity index is 2.01. The van der Waals surface area contributed by atoms with Gasteiger partial charge in [-0.3, -0.25) is 10.1 Å². The molecule has 0 heterocycles. The molecule has 0 bridgehead atoms. The van der Waals surface area contributed by atoms with Crippen LogP contribution in [-0.2, 0) is 11.2 Å². The molecule has 108 valence electrons. The van der Waals surface area contributed by atoms with E-state index in [-0.39, 0.29) is 6.42 Å². The molecule has 0 aliphatic carbocycles. The largest absolute Gasteiger partial charge is 0.481 e. The fourth-order valence-electron chi connectivity index (χ4n) is 1.83. The predicted octanol–water partition coefficient (Wildman–Crippen LogP) is 3.31. The van der Waals surface area contributed by atoms with Crippen molar-refractivity contribution < 1.29 is 19.4 Å².